The van der Waals surface area contributed by atoms with Crippen LogP contribution in [0.3, 0.4) is 0 Å². The topological polar surface area (TPSA) is 97.7 Å². The number of hydrogen-bond donors (Lipinski definition) is 3. The largest absolute Gasteiger partial charge is 0.486 e. The van der Waals surface area contributed by atoms with E-state index in [-0.39, 0.29) is 12.4 Å². The second-order valence-corrected chi connectivity index (χ2v) is 4.10. The van der Waals surface area contributed by atoms with E-state index in [2.05, 4.69) is 5.32 Å². The fraction of sp³-hybridized carbons (Fsp3) is 0.214. The van der Waals surface area contributed by atoms with Gasteiger partial charge in [-0.25, -0.2) is 4.79 Å². The summed E-state index contributed by atoms with van der Waals surface area (Å²) in [4.78, 5) is 10.7. The standard InChI is InChI=1S/C14H16N2O4/c15-6-7-16-10-2-1-3-11(8-10)19-9-12-4-5-13(20-12)14(17)18/h1-5,8,16H,6-7,9,15H2,(H,17,18). The van der Waals surface area contributed by atoms with Gasteiger partial charge in [-0.2, -0.15) is 0 Å². The molecule has 1 aromatic heterocycles. The quantitative estimate of drug-likeness (QED) is 0.714. The highest BCUT2D eigenvalue weighted by Crippen LogP contribution is 2.19. The highest BCUT2D eigenvalue weighted by atomic mass is 16.5. The summed E-state index contributed by atoms with van der Waals surface area (Å²) >= 11 is 0. The molecule has 0 saturated heterocycles. The number of nitrogens with one attached hydrogen (secondary N) is 1. The van der Waals surface area contributed by atoms with Crippen LogP contribution in [0.25, 0.3) is 0 Å². The van der Waals surface area contributed by atoms with Crippen molar-refractivity contribution in [3.8, 4) is 5.75 Å². The second-order valence-electron chi connectivity index (χ2n) is 4.10. The minimum Gasteiger partial charge on any atom is -0.486 e. The molecule has 1 heterocycles. The number of furan rings is 1. The van der Waals surface area contributed by atoms with Gasteiger partial charge in [-0.15, -0.1) is 0 Å². The molecule has 0 fully saturated rings. The summed E-state index contributed by atoms with van der Waals surface area (Å²) in [6.07, 6.45) is 0. The van der Waals surface area contributed by atoms with Crippen molar-refractivity contribution in [1.82, 2.24) is 0 Å². The lowest BCUT2D eigenvalue weighted by atomic mass is 10.3. The van der Waals surface area contributed by atoms with Crippen LogP contribution in [0.1, 0.15) is 16.3 Å². The molecule has 1 aromatic carbocycles. The fourth-order valence-corrected chi connectivity index (χ4v) is 1.64. The first-order valence-electron chi connectivity index (χ1n) is 6.18. The predicted octanol–water partition coefficient (Wildman–Crippen LogP) is 1.93. The van der Waals surface area contributed by atoms with Gasteiger partial charge in [0.1, 0.15) is 18.1 Å². The summed E-state index contributed by atoms with van der Waals surface area (Å²) in [7, 11) is 0. The number of carboxylic acid groups (broad SMARTS) is 1. The Hall–Kier alpha value is -2.47. The monoisotopic (exact) mass is 276 g/mol. The van der Waals surface area contributed by atoms with Gasteiger partial charge in [-0.05, 0) is 24.3 Å². The lowest BCUT2D eigenvalue weighted by Gasteiger charge is -2.08. The SMILES string of the molecule is NCCNc1cccc(OCc2ccc(C(=O)O)o2)c1. The molecule has 2 aromatic rings. The number of carboxylic acids is 1. The number of anilines is 1. The summed E-state index contributed by atoms with van der Waals surface area (Å²) in [5, 5.41) is 11.9. The number of carbonyl (C=O) groups is 1. The number of aromatic carboxylic acids is 1. The zero-order valence-corrected chi connectivity index (χ0v) is 10.8. The lowest BCUT2D eigenvalue weighted by Crippen LogP contribution is -2.12. The van der Waals surface area contributed by atoms with Crippen molar-refractivity contribution in [3.05, 3.63) is 47.9 Å². The highest BCUT2D eigenvalue weighted by molar-refractivity contribution is 5.84. The van der Waals surface area contributed by atoms with E-state index >= 15 is 0 Å². The van der Waals surface area contributed by atoms with Gasteiger partial charge in [0.25, 0.3) is 0 Å². The molecular weight excluding hydrogens is 260 g/mol. The maximum atomic E-state index is 10.7. The fourth-order valence-electron chi connectivity index (χ4n) is 1.64. The Morgan fingerprint density at radius 3 is 2.90 bits per heavy atom. The van der Waals surface area contributed by atoms with Crippen LogP contribution in [0.5, 0.6) is 5.75 Å². The summed E-state index contributed by atoms with van der Waals surface area (Å²) in [5.41, 5.74) is 6.34. The molecule has 0 saturated carbocycles. The van der Waals surface area contributed by atoms with E-state index < -0.39 is 5.97 Å². The molecule has 6 nitrogen and oxygen atoms in total. The van der Waals surface area contributed by atoms with E-state index in [1.54, 1.807) is 6.07 Å². The van der Waals surface area contributed by atoms with Crippen LogP contribution in [0, 0.1) is 0 Å². The molecule has 0 unspecified atom stereocenters. The molecule has 0 aliphatic carbocycles. The lowest BCUT2D eigenvalue weighted by molar-refractivity contribution is 0.0658. The molecule has 6 heteroatoms. The Kier molecular flexibility index (Phi) is 4.62. The van der Waals surface area contributed by atoms with Crippen molar-refractivity contribution in [3.63, 3.8) is 0 Å². The average molecular weight is 276 g/mol. The number of ether oxygens (including phenoxy) is 1. The Labute approximate surface area is 116 Å². The molecule has 0 aliphatic heterocycles. The summed E-state index contributed by atoms with van der Waals surface area (Å²) in [6, 6.07) is 10.4. The second kappa shape index (κ2) is 6.63. The van der Waals surface area contributed by atoms with Crippen LogP contribution >= 0.6 is 0 Å². The Bertz CT molecular complexity index is 580. The van der Waals surface area contributed by atoms with Crippen molar-refractivity contribution < 1.29 is 19.1 Å². The normalized spacial score (nSPS) is 10.2. The van der Waals surface area contributed by atoms with Crippen LogP contribution < -0.4 is 15.8 Å². The molecule has 4 N–H and O–H groups in total. The van der Waals surface area contributed by atoms with Crippen molar-refractivity contribution in [2.45, 2.75) is 6.61 Å². The summed E-state index contributed by atoms with van der Waals surface area (Å²) < 4.78 is 10.7. The van der Waals surface area contributed by atoms with Crippen molar-refractivity contribution >= 4 is 11.7 Å². The van der Waals surface area contributed by atoms with E-state index in [1.807, 2.05) is 24.3 Å². The Balaban J connectivity index is 1.94. The van der Waals surface area contributed by atoms with E-state index in [0.717, 1.165) is 5.69 Å². The number of rotatable bonds is 7. The van der Waals surface area contributed by atoms with Gasteiger partial charge in [0.2, 0.25) is 5.76 Å². The summed E-state index contributed by atoms with van der Waals surface area (Å²) in [5.74, 6) is -0.0609. The predicted molar refractivity (Wildman–Crippen MR) is 74.0 cm³/mol. The molecule has 0 atom stereocenters. The van der Waals surface area contributed by atoms with Gasteiger partial charge in [0, 0.05) is 24.8 Å². The van der Waals surface area contributed by atoms with Crippen LogP contribution in [0.4, 0.5) is 5.69 Å². The molecule has 20 heavy (non-hydrogen) atoms. The van der Waals surface area contributed by atoms with Gasteiger partial charge in [-0.1, -0.05) is 6.07 Å². The zero-order valence-electron chi connectivity index (χ0n) is 10.8. The number of hydrogen-bond acceptors (Lipinski definition) is 5. The first kappa shape index (κ1) is 14.0. The molecule has 106 valence electrons. The van der Waals surface area contributed by atoms with E-state index in [4.69, 9.17) is 20.0 Å². The van der Waals surface area contributed by atoms with E-state index in [9.17, 15) is 4.79 Å². The molecule has 0 radical (unpaired) electrons. The van der Waals surface area contributed by atoms with Gasteiger partial charge in [0.15, 0.2) is 0 Å². The third-order valence-corrected chi connectivity index (χ3v) is 2.56. The highest BCUT2D eigenvalue weighted by Gasteiger charge is 2.09. The maximum Gasteiger partial charge on any atom is 0.371 e. The zero-order chi connectivity index (χ0) is 14.4. The Morgan fingerprint density at radius 2 is 2.20 bits per heavy atom. The molecule has 0 bridgehead atoms. The van der Waals surface area contributed by atoms with Crippen LogP contribution in [0.2, 0.25) is 0 Å². The number of nitrogens with two attached hydrogens (primary N) is 1. The minimum atomic E-state index is -1.09. The first-order chi connectivity index (χ1) is 9.69. The minimum absolute atomic E-state index is 0.0954. The first-order valence-corrected chi connectivity index (χ1v) is 6.18. The van der Waals surface area contributed by atoms with Gasteiger partial charge < -0.3 is 25.3 Å². The van der Waals surface area contributed by atoms with E-state index in [0.29, 0.717) is 24.6 Å². The smallest absolute Gasteiger partial charge is 0.371 e. The number of benzene rings is 1. The van der Waals surface area contributed by atoms with Gasteiger partial charge in [-0.3, -0.25) is 0 Å². The average Bonchev–Trinajstić information content (AvgIpc) is 2.92. The molecule has 0 spiro atoms. The Morgan fingerprint density at radius 1 is 1.35 bits per heavy atom. The van der Waals surface area contributed by atoms with Crippen LogP contribution in [-0.2, 0) is 6.61 Å². The summed E-state index contributed by atoms with van der Waals surface area (Å²) in [6.45, 7) is 1.41. The van der Waals surface area contributed by atoms with Crippen molar-refractivity contribution in [2.75, 3.05) is 18.4 Å². The molecule has 0 aliphatic rings. The van der Waals surface area contributed by atoms with Crippen molar-refractivity contribution in [2.24, 2.45) is 5.73 Å². The van der Waals surface area contributed by atoms with Crippen LogP contribution in [-0.4, -0.2) is 24.2 Å². The maximum absolute atomic E-state index is 10.7. The van der Waals surface area contributed by atoms with Crippen molar-refractivity contribution in [1.29, 1.82) is 0 Å². The molecule has 2 rings (SSSR count). The van der Waals surface area contributed by atoms with Crippen LogP contribution in [0.15, 0.2) is 40.8 Å². The van der Waals surface area contributed by atoms with E-state index in [1.165, 1.54) is 6.07 Å². The molecule has 0 amide bonds. The molecular formula is C14H16N2O4. The third kappa shape index (κ3) is 3.76. The van der Waals surface area contributed by atoms with Gasteiger partial charge >= 0.3 is 5.97 Å². The third-order valence-electron chi connectivity index (χ3n) is 2.56. The van der Waals surface area contributed by atoms with Gasteiger partial charge in [0.05, 0.1) is 0 Å².